The molecule has 100 valence electrons. The fourth-order valence-electron chi connectivity index (χ4n) is 1.96. The minimum atomic E-state index is -0.230. The van der Waals surface area contributed by atoms with Crippen LogP contribution in [0, 0.1) is 5.82 Å². The van der Waals surface area contributed by atoms with E-state index in [1.807, 2.05) is 0 Å². The van der Waals surface area contributed by atoms with Gasteiger partial charge in [-0.15, -0.1) is 24.0 Å². The summed E-state index contributed by atoms with van der Waals surface area (Å²) in [5, 5.41) is 6.64. The van der Waals surface area contributed by atoms with Crippen LogP contribution in [0.3, 0.4) is 0 Å². The molecular weight excluding hydrogens is 368 g/mol. The number of benzene rings is 1. The summed E-state index contributed by atoms with van der Waals surface area (Å²) < 4.78 is 13.7. The number of nitrogens with one attached hydrogen (secondary N) is 2. The first-order chi connectivity index (χ1) is 8.17. The van der Waals surface area contributed by atoms with Gasteiger partial charge in [0, 0.05) is 36.6 Å². The molecule has 0 heterocycles. The molecule has 1 aliphatic carbocycles. The van der Waals surface area contributed by atoms with Crippen molar-refractivity contribution >= 4 is 41.5 Å². The zero-order valence-electron chi connectivity index (χ0n) is 10.2. The molecular formula is C12H16ClFIN3. The van der Waals surface area contributed by atoms with Crippen molar-refractivity contribution in [1.29, 1.82) is 0 Å². The van der Waals surface area contributed by atoms with Crippen molar-refractivity contribution in [2.75, 3.05) is 14.1 Å². The highest BCUT2D eigenvalue weighted by atomic mass is 127. The molecule has 6 heteroatoms. The SMILES string of the molecule is CN=C(NC)NC1CC1c1c(F)cccc1Cl.I. The van der Waals surface area contributed by atoms with Crippen molar-refractivity contribution < 1.29 is 4.39 Å². The molecule has 0 spiro atoms. The third-order valence-electron chi connectivity index (χ3n) is 2.94. The average molecular weight is 384 g/mol. The van der Waals surface area contributed by atoms with Crippen LogP contribution in [0.1, 0.15) is 17.9 Å². The summed E-state index contributed by atoms with van der Waals surface area (Å²) in [6, 6.07) is 5.00. The highest BCUT2D eigenvalue weighted by Gasteiger charge is 2.41. The van der Waals surface area contributed by atoms with E-state index in [1.165, 1.54) is 6.07 Å². The number of nitrogens with zero attached hydrogens (tertiary/aromatic N) is 1. The van der Waals surface area contributed by atoms with Crippen molar-refractivity contribution in [3.63, 3.8) is 0 Å². The molecule has 0 bridgehead atoms. The maximum Gasteiger partial charge on any atom is 0.190 e. The first kappa shape index (κ1) is 15.5. The molecule has 1 aliphatic rings. The molecule has 0 aliphatic heterocycles. The first-order valence-electron chi connectivity index (χ1n) is 5.52. The minimum Gasteiger partial charge on any atom is -0.359 e. The average Bonchev–Trinajstić information content (AvgIpc) is 3.05. The van der Waals surface area contributed by atoms with Crippen LogP contribution in [0.2, 0.25) is 5.02 Å². The third kappa shape index (κ3) is 3.26. The Bertz CT molecular complexity index is 433. The number of halogens is 3. The molecule has 0 aromatic heterocycles. The number of hydrogen-bond donors (Lipinski definition) is 2. The Kier molecular flexibility index (Phi) is 5.65. The van der Waals surface area contributed by atoms with E-state index in [0.29, 0.717) is 16.5 Å². The van der Waals surface area contributed by atoms with Crippen molar-refractivity contribution in [2.24, 2.45) is 4.99 Å². The van der Waals surface area contributed by atoms with Crippen LogP contribution >= 0.6 is 35.6 Å². The lowest BCUT2D eigenvalue weighted by Crippen LogP contribution is -2.36. The molecule has 2 atom stereocenters. The molecule has 0 saturated heterocycles. The van der Waals surface area contributed by atoms with Crippen molar-refractivity contribution in [1.82, 2.24) is 10.6 Å². The van der Waals surface area contributed by atoms with E-state index in [-0.39, 0.29) is 41.8 Å². The summed E-state index contributed by atoms with van der Waals surface area (Å²) in [4.78, 5) is 4.03. The van der Waals surface area contributed by atoms with Gasteiger partial charge < -0.3 is 10.6 Å². The summed E-state index contributed by atoms with van der Waals surface area (Å²) in [6.07, 6.45) is 0.876. The van der Waals surface area contributed by atoms with Gasteiger partial charge in [-0.25, -0.2) is 4.39 Å². The van der Waals surface area contributed by atoms with E-state index in [2.05, 4.69) is 15.6 Å². The Hall–Kier alpha value is -0.560. The minimum absolute atomic E-state index is 0. The standard InChI is InChI=1S/C12H15ClFN3.HI/c1-15-12(16-2)17-10-6-7(10)11-8(13)4-3-5-9(11)14;/h3-5,7,10H,6H2,1-2H3,(H2,15,16,17);1H. The van der Waals surface area contributed by atoms with Crippen LogP contribution in [0.5, 0.6) is 0 Å². The van der Waals surface area contributed by atoms with Gasteiger partial charge in [0.25, 0.3) is 0 Å². The predicted molar refractivity (Wildman–Crippen MR) is 83.5 cm³/mol. The number of aliphatic imine (C=N–C) groups is 1. The van der Waals surface area contributed by atoms with E-state index in [0.717, 1.165) is 6.42 Å². The van der Waals surface area contributed by atoms with Crippen molar-refractivity contribution in [3.05, 3.63) is 34.6 Å². The lowest BCUT2D eigenvalue weighted by atomic mass is 10.1. The Morgan fingerprint density at radius 1 is 1.50 bits per heavy atom. The molecule has 1 saturated carbocycles. The van der Waals surface area contributed by atoms with Crippen molar-refractivity contribution in [3.8, 4) is 0 Å². The van der Waals surface area contributed by atoms with E-state index in [1.54, 1.807) is 26.2 Å². The summed E-state index contributed by atoms with van der Waals surface area (Å²) in [5.74, 6) is 0.616. The zero-order chi connectivity index (χ0) is 12.4. The number of rotatable bonds is 2. The second kappa shape index (κ2) is 6.56. The normalized spacial score (nSPS) is 22.1. The molecule has 1 aromatic rings. The first-order valence-corrected chi connectivity index (χ1v) is 5.90. The third-order valence-corrected chi connectivity index (χ3v) is 3.27. The van der Waals surface area contributed by atoms with Gasteiger partial charge in [-0.05, 0) is 18.6 Å². The fraction of sp³-hybridized carbons (Fsp3) is 0.417. The Morgan fingerprint density at radius 3 is 2.78 bits per heavy atom. The lowest BCUT2D eigenvalue weighted by Gasteiger charge is -2.09. The highest BCUT2D eigenvalue weighted by molar-refractivity contribution is 14.0. The Morgan fingerprint density at radius 2 is 2.22 bits per heavy atom. The van der Waals surface area contributed by atoms with E-state index in [4.69, 9.17) is 11.6 Å². The largest absolute Gasteiger partial charge is 0.359 e. The van der Waals surface area contributed by atoms with Gasteiger partial charge in [0.2, 0.25) is 0 Å². The quantitative estimate of drug-likeness (QED) is 0.468. The lowest BCUT2D eigenvalue weighted by molar-refractivity contribution is 0.608. The molecule has 0 amide bonds. The van der Waals surface area contributed by atoms with E-state index < -0.39 is 0 Å². The maximum absolute atomic E-state index is 13.7. The molecule has 3 nitrogen and oxygen atoms in total. The van der Waals surface area contributed by atoms with Gasteiger partial charge >= 0.3 is 0 Å². The van der Waals surface area contributed by atoms with Crippen LogP contribution in [-0.4, -0.2) is 26.1 Å². The van der Waals surface area contributed by atoms with Crippen LogP contribution < -0.4 is 10.6 Å². The van der Waals surface area contributed by atoms with Gasteiger partial charge in [-0.2, -0.15) is 0 Å². The van der Waals surface area contributed by atoms with Gasteiger partial charge in [-0.1, -0.05) is 17.7 Å². The van der Waals surface area contributed by atoms with Gasteiger partial charge in [-0.3, -0.25) is 4.99 Å². The van der Waals surface area contributed by atoms with E-state index in [9.17, 15) is 4.39 Å². The van der Waals surface area contributed by atoms with Crippen LogP contribution in [0.4, 0.5) is 4.39 Å². The molecule has 0 radical (unpaired) electrons. The number of hydrogen-bond acceptors (Lipinski definition) is 1. The maximum atomic E-state index is 13.7. The molecule has 2 unspecified atom stereocenters. The highest BCUT2D eigenvalue weighted by Crippen LogP contribution is 2.44. The van der Waals surface area contributed by atoms with Crippen LogP contribution in [-0.2, 0) is 0 Å². The van der Waals surface area contributed by atoms with Crippen LogP contribution in [0.15, 0.2) is 23.2 Å². The zero-order valence-corrected chi connectivity index (χ0v) is 13.3. The summed E-state index contributed by atoms with van der Waals surface area (Å²) in [7, 11) is 3.50. The molecule has 1 aromatic carbocycles. The van der Waals surface area contributed by atoms with Gasteiger partial charge in [0.15, 0.2) is 5.96 Å². The monoisotopic (exact) mass is 383 g/mol. The Labute approximate surface area is 128 Å². The number of guanidine groups is 1. The molecule has 1 fully saturated rings. The topological polar surface area (TPSA) is 36.4 Å². The van der Waals surface area contributed by atoms with Gasteiger partial charge in [0.1, 0.15) is 5.82 Å². The molecule has 18 heavy (non-hydrogen) atoms. The van der Waals surface area contributed by atoms with E-state index >= 15 is 0 Å². The second-order valence-corrected chi connectivity index (χ2v) is 4.46. The van der Waals surface area contributed by atoms with Crippen LogP contribution in [0.25, 0.3) is 0 Å². The smallest absolute Gasteiger partial charge is 0.190 e. The Balaban J connectivity index is 0.00000162. The van der Waals surface area contributed by atoms with Crippen molar-refractivity contribution in [2.45, 2.75) is 18.4 Å². The molecule has 2 N–H and O–H groups in total. The summed E-state index contributed by atoms with van der Waals surface area (Å²) in [6.45, 7) is 0. The fourth-order valence-corrected chi connectivity index (χ4v) is 2.27. The van der Waals surface area contributed by atoms with Gasteiger partial charge in [0.05, 0.1) is 0 Å². The summed E-state index contributed by atoms with van der Waals surface area (Å²) >= 11 is 6.02. The molecule has 2 rings (SSSR count). The second-order valence-electron chi connectivity index (χ2n) is 4.05. The summed E-state index contributed by atoms with van der Waals surface area (Å²) in [5.41, 5.74) is 0.609. The predicted octanol–water partition coefficient (Wildman–Crippen LogP) is 2.75.